The molecule has 0 saturated heterocycles. The molecule has 0 unspecified atom stereocenters. The van der Waals surface area contributed by atoms with E-state index in [2.05, 4.69) is 20.6 Å². The Morgan fingerprint density at radius 3 is 2.38 bits per heavy atom. The van der Waals surface area contributed by atoms with Crippen molar-refractivity contribution in [2.24, 2.45) is 0 Å². The highest BCUT2D eigenvalue weighted by Gasteiger charge is 2.16. The number of rotatable bonds is 8. The zero-order valence-corrected chi connectivity index (χ0v) is 22.2. The number of amides is 2. The van der Waals surface area contributed by atoms with E-state index in [9.17, 15) is 14.4 Å². The van der Waals surface area contributed by atoms with Crippen LogP contribution >= 0.6 is 0 Å². The lowest BCUT2D eigenvalue weighted by Crippen LogP contribution is -2.27. The zero-order chi connectivity index (χ0) is 27.8. The molecule has 9 nitrogen and oxygen atoms in total. The first kappa shape index (κ1) is 27.3. The van der Waals surface area contributed by atoms with Gasteiger partial charge in [-0.05, 0) is 68.1 Å². The lowest BCUT2D eigenvalue weighted by atomic mass is 10.0. The third-order valence-electron chi connectivity index (χ3n) is 5.64. The minimum absolute atomic E-state index is 0.0363. The molecule has 0 radical (unpaired) electrons. The molecule has 0 fully saturated rings. The summed E-state index contributed by atoms with van der Waals surface area (Å²) in [6.07, 6.45) is 6.61. The molecule has 0 aliphatic heterocycles. The molecular weight excluding hydrogens is 494 g/mol. The number of carbonyl (C=O) groups excluding carboxylic acids is 2. The number of ether oxygens (including phenoxy) is 1. The van der Waals surface area contributed by atoms with Crippen molar-refractivity contribution in [2.45, 2.75) is 45.9 Å². The van der Waals surface area contributed by atoms with E-state index in [-0.39, 0.29) is 18.0 Å². The van der Waals surface area contributed by atoms with Gasteiger partial charge in [0.05, 0.1) is 36.2 Å². The van der Waals surface area contributed by atoms with Gasteiger partial charge in [0, 0.05) is 24.7 Å². The standard InChI is InChI=1S/C30H31N5O4/c1-30(2,3)39-29(38)34-26-12-11-25(32-19-26)18-33-28(37)24-15-23(16-31-17-24)14-21-7-9-22(10-8-21)20-35-13-5-4-6-27(35)36/h4-13,15-17,19H,14,18,20H2,1-3H3,(H,33,37)(H,34,38). The van der Waals surface area contributed by atoms with E-state index in [0.717, 1.165) is 16.7 Å². The van der Waals surface area contributed by atoms with Crippen molar-refractivity contribution in [1.29, 1.82) is 0 Å². The summed E-state index contributed by atoms with van der Waals surface area (Å²) < 4.78 is 6.88. The molecule has 4 rings (SSSR count). The van der Waals surface area contributed by atoms with Crippen LogP contribution < -0.4 is 16.2 Å². The van der Waals surface area contributed by atoms with E-state index in [1.165, 1.54) is 12.4 Å². The first-order valence-electron chi connectivity index (χ1n) is 12.5. The van der Waals surface area contributed by atoms with Crippen LogP contribution in [0.4, 0.5) is 10.5 Å². The minimum Gasteiger partial charge on any atom is -0.444 e. The zero-order valence-electron chi connectivity index (χ0n) is 22.2. The van der Waals surface area contributed by atoms with Crippen LogP contribution in [-0.2, 0) is 24.2 Å². The van der Waals surface area contributed by atoms with Crippen molar-refractivity contribution < 1.29 is 14.3 Å². The molecular formula is C30H31N5O4. The fraction of sp³-hybridized carbons (Fsp3) is 0.233. The number of nitrogens with zero attached hydrogens (tertiary/aromatic N) is 3. The molecule has 1 aromatic carbocycles. The number of benzene rings is 1. The lowest BCUT2D eigenvalue weighted by molar-refractivity contribution is 0.0635. The van der Waals surface area contributed by atoms with Crippen LogP contribution in [0.2, 0.25) is 0 Å². The number of aromatic nitrogens is 3. The normalized spacial score (nSPS) is 11.1. The summed E-state index contributed by atoms with van der Waals surface area (Å²) >= 11 is 0. The largest absolute Gasteiger partial charge is 0.444 e. The van der Waals surface area contributed by atoms with E-state index in [0.29, 0.717) is 29.9 Å². The summed E-state index contributed by atoms with van der Waals surface area (Å²) in [6.45, 7) is 6.10. The molecule has 4 aromatic rings. The molecule has 0 aliphatic rings. The van der Waals surface area contributed by atoms with Crippen LogP contribution in [0.1, 0.15) is 53.5 Å². The Labute approximate surface area is 226 Å². The fourth-order valence-electron chi connectivity index (χ4n) is 3.79. The van der Waals surface area contributed by atoms with Gasteiger partial charge in [-0.15, -0.1) is 0 Å². The first-order valence-corrected chi connectivity index (χ1v) is 12.5. The van der Waals surface area contributed by atoms with Crippen molar-refractivity contribution >= 4 is 17.7 Å². The highest BCUT2D eigenvalue weighted by atomic mass is 16.6. The van der Waals surface area contributed by atoms with Crippen LogP contribution in [0.3, 0.4) is 0 Å². The Morgan fingerprint density at radius 2 is 1.69 bits per heavy atom. The van der Waals surface area contributed by atoms with Crippen molar-refractivity contribution in [1.82, 2.24) is 19.9 Å². The SMILES string of the molecule is CC(C)(C)OC(=O)Nc1ccc(CNC(=O)c2cncc(Cc3ccc(Cn4ccccc4=O)cc3)c2)nc1. The molecule has 0 bridgehead atoms. The Hall–Kier alpha value is -4.79. The van der Waals surface area contributed by atoms with Gasteiger partial charge >= 0.3 is 6.09 Å². The average molecular weight is 526 g/mol. The predicted molar refractivity (Wildman–Crippen MR) is 149 cm³/mol. The summed E-state index contributed by atoms with van der Waals surface area (Å²) in [6, 6.07) is 18.4. The van der Waals surface area contributed by atoms with Gasteiger partial charge in [-0.1, -0.05) is 30.3 Å². The lowest BCUT2D eigenvalue weighted by Gasteiger charge is -2.19. The Balaban J connectivity index is 1.30. The number of pyridine rings is 3. The topological polar surface area (TPSA) is 115 Å². The Morgan fingerprint density at radius 1 is 0.923 bits per heavy atom. The van der Waals surface area contributed by atoms with Gasteiger partial charge < -0.3 is 14.6 Å². The Kier molecular flexibility index (Phi) is 8.50. The second kappa shape index (κ2) is 12.2. The van der Waals surface area contributed by atoms with Crippen LogP contribution in [0.15, 0.2) is 90.2 Å². The maximum Gasteiger partial charge on any atom is 0.412 e. The summed E-state index contributed by atoms with van der Waals surface area (Å²) in [7, 11) is 0. The maximum absolute atomic E-state index is 12.7. The number of nitrogens with one attached hydrogen (secondary N) is 2. The summed E-state index contributed by atoms with van der Waals surface area (Å²) in [4.78, 5) is 45.1. The molecule has 39 heavy (non-hydrogen) atoms. The third kappa shape index (κ3) is 8.36. The van der Waals surface area contributed by atoms with E-state index in [1.54, 1.807) is 62.0 Å². The minimum atomic E-state index is -0.593. The summed E-state index contributed by atoms with van der Waals surface area (Å²) in [5, 5.41) is 5.48. The molecule has 0 saturated carbocycles. The van der Waals surface area contributed by atoms with Gasteiger partial charge in [-0.2, -0.15) is 0 Å². The molecule has 2 N–H and O–H groups in total. The second-order valence-electron chi connectivity index (χ2n) is 10.1. The molecule has 2 amide bonds. The van der Waals surface area contributed by atoms with Gasteiger partial charge in [0.25, 0.3) is 11.5 Å². The van der Waals surface area contributed by atoms with Gasteiger partial charge in [0.15, 0.2) is 0 Å². The number of anilines is 1. The van der Waals surface area contributed by atoms with E-state index < -0.39 is 11.7 Å². The quantitative estimate of drug-likeness (QED) is 0.349. The van der Waals surface area contributed by atoms with Crippen LogP contribution in [0, 0.1) is 0 Å². The van der Waals surface area contributed by atoms with Gasteiger partial charge in [-0.3, -0.25) is 24.9 Å². The van der Waals surface area contributed by atoms with Crippen LogP contribution in [0.25, 0.3) is 0 Å². The Bertz CT molecular complexity index is 1490. The molecule has 200 valence electrons. The van der Waals surface area contributed by atoms with Crippen molar-refractivity contribution in [3.8, 4) is 0 Å². The highest BCUT2D eigenvalue weighted by molar-refractivity contribution is 5.94. The van der Waals surface area contributed by atoms with E-state index in [1.807, 2.05) is 36.4 Å². The smallest absolute Gasteiger partial charge is 0.412 e. The maximum atomic E-state index is 12.7. The molecule has 0 atom stereocenters. The van der Waals surface area contributed by atoms with Crippen LogP contribution in [0.5, 0.6) is 0 Å². The van der Waals surface area contributed by atoms with Gasteiger partial charge in [0.2, 0.25) is 0 Å². The molecule has 0 spiro atoms. The third-order valence-corrected chi connectivity index (χ3v) is 5.64. The number of hydrogen-bond acceptors (Lipinski definition) is 6. The van der Waals surface area contributed by atoms with Gasteiger partial charge in [-0.25, -0.2) is 4.79 Å². The average Bonchev–Trinajstić information content (AvgIpc) is 2.89. The van der Waals surface area contributed by atoms with E-state index >= 15 is 0 Å². The monoisotopic (exact) mass is 525 g/mol. The van der Waals surface area contributed by atoms with Crippen molar-refractivity contribution in [3.05, 3.63) is 124 Å². The van der Waals surface area contributed by atoms with Crippen LogP contribution in [-0.4, -0.2) is 32.1 Å². The first-order chi connectivity index (χ1) is 18.6. The second-order valence-corrected chi connectivity index (χ2v) is 10.1. The van der Waals surface area contributed by atoms with Gasteiger partial charge in [0.1, 0.15) is 5.60 Å². The molecule has 0 aliphatic carbocycles. The molecule has 3 aromatic heterocycles. The van der Waals surface area contributed by atoms with E-state index in [4.69, 9.17) is 4.74 Å². The highest BCUT2D eigenvalue weighted by Crippen LogP contribution is 2.14. The van der Waals surface area contributed by atoms with Crippen molar-refractivity contribution in [3.63, 3.8) is 0 Å². The summed E-state index contributed by atoms with van der Waals surface area (Å²) in [5.41, 5.74) is 3.97. The fourth-order valence-corrected chi connectivity index (χ4v) is 3.79. The van der Waals surface area contributed by atoms with Crippen molar-refractivity contribution in [2.75, 3.05) is 5.32 Å². The number of carbonyl (C=O) groups is 2. The number of hydrogen-bond donors (Lipinski definition) is 2. The molecule has 3 heterocycles. The summed E-state index contributed by atoms with van der Waals surface area (Å²) in [5.74, 6) is -0.259. The molecule has 9 heteroatoms. The predicted octanol–water partition coefficient (Wildman–Crippen LogP) is 4.55.